The average molecular weight is 268 g/mol. The first-order valence-corrected chi connectivity index (χ1v) is 7.59. The molecule has 114 valence electrons. The molecule has 0 bridgehead atoms. The molecule has 1 heteroatoms. The molecule has 0 aromatic heterocycles. The maximum atomic E-state index is 4.17. The Hall–Kier alpha value is -1.11. The fourth-order valence-electron chi connectivity index (χ4n) is 0.885. The third-order valence-electron chi connectivity index (χ3n) is 1.71. The molecule has 0 atom stereocenters. The highest BCUT2D eigenvalue weighted by atomic mass is 14.7. The molecule has 0 fully saturated rings. The van der Waals surface area contributed by atoms with Gasteiger partial charge in [0.05, 0.1) is 0 Å². The quantitative estimate of drug-likeness (QED) is 0.376. The SMILES string of the molecule is C=C/C=C(/C)N=C(C)C=C.CC.CC.CCCCC. The Morgan fingerprint density at radius 1 is 0.947 bits per heavy atom. The Kier molecular flexibility index (Phi) is 42.0. The first-order valence-electron chi connectivity index (χ1n) is 7.59. The summed E-state index contributed by atoms with van der Waals surface area (Å²) in [5.74, 6) is 0. The molecule has 0 amide bonds. The largest absolute Gasteiger partial charge is 0.259 e. The Balaban J connectivity index is -0.000000105. The van der Waals surface area contributed by atoms with Crippen LogP contribution in [0.5, 0.6) is 0 Å². The lowest BCUT2D eigenvalue weighted by molar-refractivity contribution is 0.772. The van der Waals surface area contributed by atoms with Crippen molar-refractivity contribution in [1.29, 1.82) is 0 Å². The Bertz CT molecular complexity index is 220. The molecule has 0 aliphatic heterocycles. The minimum Gasteiger partial charge on any atom is -0.259 e. The molecule has 0 heterocycles. The molecular weight excluding hydrogens is 230 g/mol. The van der Waals surface area contributed by atoms with Gasteiger partial charge in [-0.25, -0.2) is 0 Å². The van der Waals surface area contributed by atoms with Crippen molar-refractivity contribution >= 4 is 5.71 Å². The zero-order valence-corrected chi connectivity index (χ0v) is 14.7. The Morgan fingerprint density at radius 2 is 1.37 bits per heavy atom. The summed E-state index contributed by atoms with van der Waals surface area (Å²) in [4.78, 5) is 4.17. The third-order valence-corrected chi connectivity index (χ3v) is 1.71. The molecule has 0 aliphatic carbocycles. The fourth-order valence-corrected chi connectivity index (χ4v) is 0.885. The zero-order chi connectivity index (χ0) is 16.1. The van der Waals surface area contributed by atoms with Crippen molar-refractivity contribution in [2.45, 2.75) is 74.7 Å². The first kappa shape index (κ1) is 26.5. The van der Waals surface area contributed by atoms with Gasteiger partial charge in [-0.15, -0.1) is 0 Å². The van der Waals surface area contributed by atoms with Gasteiger partial charge in [0.15, 0.2) is 0 Å². The van der Waals surface area contributed by atoms with E-state index in [-0.39, 0.29) is 0 Å². The monoisotopic (exact) mass is 267 g/mol. The van der Waals surface area contributed by atoms with Gasteiger partial charge < -0.3 is 0 Å². The second kappa shape index (κ2) is 30.2. The summed E-state index contributed by atoms with van der Waals surface area (Å²) in [7, 11) is 0. The van der Waals surface area contributed by atoms with Crippen LogP contribution in [0.3, 0.4) is 0 Å². The van der Waals surface area contributed by atoms with Crippen molar-refractivity contribution in [2.75, 3.05) is 0 Å². The second-order valence-electron chi connectivity index (χ2n) is 3.35. The number of unbranched alkanes of at least 4 members (excludes halogenated alkanes) is 2. The third kappa shape index (κ3) is 38.3. The summed E-state index contributed by atoms with van der Waals surface area (Å²) in [6.45, 7) is 23.4. The van der Waals surface area contributed by atoms with E-state index in [9.17, 15) is 0 Å². The van der Waals surface area contributed by atoms with Crippen LogP contribution in [0.4, 0.5) is 0 Å². The Morgan fingerprint density at radius 3 is 1.58 bits per heavy atom. The van der Waals surface area contributed by atoms with Crippen molar-refractivity contribution in [2.24, 2.45) is 4.99 Å². The van der Waals surface area contributed by atoms with E-state index >= 15 is 0 Å². The van der Waals surface area contributed by atoms with Gasteiger partial charge >= 0.3 is 0 Å². The van der Waals surface area contributed by atoms with Crippen molar-refractivity contribution in [1.82, 2.24) is 0 Å². The van der Waals surface area contributed by atoms with Gasteiger partial charge in [-0.05, 0) is 26.0 Å². The van der Waals surface area contributed by atoms with Gasteiger partial charge in [-0.3, -0.25) is 4.99 Å². The summed E-state index contributed by atoms with van der Waals surface area (Å²) in [6, 6.07) is 0. The van der Waals surface area contributed by atoms with E-state index in [1.165, 1.54) is 19.3 Å². The molecule has 0 unspecified atom stereocenters. The highest BCUT2D eigenvalue weighted by Gasteiger charge is 1.81. The van der Waals surface area contributed by atoms with E-state index in [1.807, 2.05) is 47.6 Å². The van der Waals surface area contributed by atoms with Crippen LogP contribution >= 0.6 is 0 Å². The summed E-state index contributed by atoms with van der Waals surface area (Å²) in [5, 5.41) is 0. The summed E-state index contributed by atoms with van der Waals surface area (Å²) in [6.07, 6.45) is 9.37. The van der Waals surface area contributed by atoms with Crippen LogP contribution in [0.1, 0.15) is 74.7 Å². The summed E-state index contributed by atoms with van der Waals surface area (Å²) in [5.41, 5.74) is 1.88. The normalized spacial score (nSPS) is 9.68. The van der Waals surface area contributed by atoms with Gasteiger partial charge in [0.2, 0.25) is 0 Å². The molecule has 19 heavy (non-hydrogen) atoms. The maximum absolute atomic E-state index is 4.17. The van der Waals surface area contributed by atoms with Crippen LogP contribution in [0.2, 0.25) is 0 Å². The lowest BCUT2D eigenvalue weighted by Crippen LogP contribution is -1.82. The predicted molar refractivity (Wildman–Crippen MR) is 95.2 cm³/mol. The van der Waals surface area contributed by atoms with Crippen molar-refractivity contribution < 1.29 is 0 Å². The predicted octanol–water partition coefficient (Wildman–Crippen LogP) is 6.97. The number of hydrogen-bond acceptors (Lipinski definition) is 1. The molecule has 0 N–H and O–H groups in total. The van der Waals surface area contributed by atoms with E-state index in [1.54, 1.807) is 12.2 Å². The average Bonchev–Trinajstić information content (AvgIpc) is 2.45. The highest BCUT2D eigenvalue weighted by molar-refractivity contribution is 5.92. The number of rotatable bonds is 5. The summed E-state index contributed by atoms with van der Waals surface area (Å²) < 4.78 is 0. The van der Waals surface area contributed by atoms with Gasteiger partial charge in [-0.1, -0.05) is 80.0 Å². The fraction of sp³-hybridized carbons (Fsp3) is 0.611. The van der Waals surface area contributed by atoms with E-state index < -0.39 is 0 Å². The number of hydrogen-bond donors (Lipinski definition) is 0. The lowest BCUT2D eigenvalue weighted by Gasteiger charge is -1.90. The molecule has 0 aromatic rings. The lowest BCUT2D eigenvalue weighted by atomic mass is 10.3. The van der Waals surface area contributed by atoms with Crippen LogP contribution in [-0.4, -0.2) is 5.71 Å². The van der Waals surface area contributed by atoms with Crippen LogP contribution in [-0.2, 0) is 0 Å². The number of allylic oxidation sites excluding steroid dienone is 4. The summed E-state index contributed by atoms with van der Waals surface area (Å²) >= 11 is 0. The van der Waals surface area contributed by atoms with Crippen LogP contribution in [0.25, 0.3) is 0 Å². The van der Waals surface area contributed by atoms with Crippen molar-refractivity contribution in [3.63, 3.8) is 0 Å². The molecule has 1 nitrogen and oxygen atoms in total. The van der Waals surface area contributed by atoms with Crippen LogP contribution in [0, 0.1) is 0 Å². The first-order chi connectivity index (χ1) is 9.12. The Labute approximate surface area is 123 Å². The molecule has 0 saturated heterocycles. The van der Waals surface area contributed by atoms with Crippen LogP contribution in [0.15, 0.2) is 42.1 Å². The molecule has 0 rings (SSSR count). The molecular formula is C18H37N. The van der Waals surface area contributed by atoms with E-state index in [0.717, 1.165) is 11.4 Å². The van der Waals surface area contributed by atoms with Crippen molar-refractivity contribution in [3.05, 3.63) is 37.1 Å². The number of nitrogens with zero attached hydrogens (tertiary/aromatic N) is 1. The zero-order valence-electron chi connectivity index (χ0n) is 14.7. The van der Waals surface area contributed by atoms with Crippen molar-refractivity contribution in [3.8, 4) is 0 Å². The van der Waals surface area contributed by atoms with Crippen LogP contribution < -0.4 is 0 Å². The van der Waals surface area contributed by atoms with E-state index in [4.69, 9.17) is 0 Å². The van der Waals surface area contributed by atoms with E-state index in [2.05, 4.69) is 32.0 Å². The smallest absolute Gasteiger partial charge is 0.0375 e. The molecule has 0 aliphatic rings. The van der Waals surface area contributed by atoms with Gasteiger partial charge in [0.1, 0.15) is 0 Å². The van der Waals surface area contributed by atoms with Gasteiger partial charge in [0, 0.05) is 11.4 Å². The maximum Gasteiger partial charge on any atom is 0.0375 e. The molecule has 0 saturated carbocycles. The minimum atomic E-state index is 0.926. The highest BCUT2D eigenvalue weighted by Crippen LogP contribution is 1.95. The minimum absolute atomic E-state index is 0.926. The van der Waals surface area contributed by atoms with Gasteiger partial charge in [-0.2, -0.15) is 0 Å². The topological polar surface area (TPSA) is 12.4 Å². The number of aliphatic imine (C=N–C) groups is 1. The van der Waals surface area contributed by atoms with Gasteiger partial charge in [0.25, 0.3) is 0 Å². The molecule has 0 aromatic carbocycles. The molecule has 0 radical (unpaired) electrons. The standard InChI is InChI=1S/C9H13N.C5H12.2C2H6/c1-5-7-9(4)10-8(3)6-2;1-3-5-4-2;2*1-2/h5-7H,1-2H2,3-4H3;3-5H2,1-2H3;2*1-2H3/b9-7-,10-8?;;;. The van der Waals surface area contributed by atoms with E-state index in [0.29, 0.717) is 0 Å². The second-order valence-corrected chi connectivity index (χ2v) is 3.35. The molecule has 0 spiro atoms.